The number of fused-ring (bicyclic) bond motifs is 1. The number of nitrogens with zero attached hydrogens (tertiary/aromatic N) is 3. The monoisotopic (exact) mass is 311 g/mol. The Kier molecular flexibility index (Phi) is 4.82. The molecule has 1 aromatic carbocycles. The van der Waals surface area contributed by atoms with E-state index in [4.69, 9.17) is 0 Å². The lowest BCUT2D eigenvalue weighted by molar-refractivity contribution is -0.135. The maximum Gasteiger partial charge on any atom is 0.237 e. The molecule has 1 aliphatic heterocycles. The molecule has 23 heavy (non-hydrogen) atoms. The maximum absolute atomic E-state index is 12.9. The average Bonchev–Trinajstić information content (AvgIpc) is 3.08. The fraction of sp³-hybridized carbons (Fsp3) is 0.421. The lowest BCUT2D eigenvalue weighted by Gasteiger charge is -2.38. The number of likely N-dealkylation sites (N-methyl/N-ethyl adjacent to an activating group) is 1. The summed E-state index contributed by atoms with van der Waals surface area (Å²) < 4.78 is 2.26. The fourth-order valence-electron chi connectivity index (χ4n) is 3.37. The van der Waals surface area contributed by atoms with Gasteiger partial charge in [-0.3, -0.25) is 9.69 Å². The van der Waals surface area contributed by atoms with Gasteiger partial charge in [-0.25, -0.2) is 0 Å². The van der Waals surface area contributed by atoms with E-state index >= 15 is 0 Å². The highest BCUT2D eigenvalue weighted by atomic mass is 16.2. The van der Waals surface area contributed by atoms with Gasteiger partial charge in [-0.2, -0.15) is 0 Å². The van der Waals surface area contributed by atoms with Crippen LogP contribution in [0.25, 0.3) is 0 Å². The standard InChI is InChI=1S/C19H25N3O/c1-3-20(4-2)15-18(23)22-14-13-21-12-8-11-17(21)19(22)16-9-6-5-7-10-16/h5-12,19H,3-4,13-15H2,1-2H3/t19-/m1/s1. The van der Waals surface area contributed by atoms with Crippen molar-refractivity contribution in [1.29, 1.82) is 0 Å². The number of carbonyl (C=O) groups is 1. The molecular weight excluding hydrogens is 286 g/mol. The van der Waals surface area contributed by atoms with Gasteiger partial charge >= 0.3 is 0 Å². The van der Waals surface area contributed by atoms with Gasteiger partial charge in [0.25, 0.3) is 0 Å². The number of hydrogen-bond donors (Lipinski definition) is 0. The molecule has 0 bridgehead atoms. The molecule has 0 aliphatic carbocycles. The molecule has 0 unspecified atom stereocenters. The predicted molar refractivity (Wildman–Crippen MR) is 92.2 cm³/mol. The number of rotatable bonds is 5. The normalized spacial score (nSPS) is 17.3. The molecule has 1 amide bonds. The van der Waals surface area contributed by atoms with E-state index in [0.717, 1.165) is 26.2 Å². The van der Waals surface area contributed by atoms with Gasteiger partial charge in [-0.15, -0.1) is 0 Å². The van der Waals surface area contributed by atoms with Gasteiger partial charge in [0.2, 0.25) is 5.91 Å². The van der Waals surface area contributed by atoms with Crippen LogP contribution in [-0.4, -0.2) is 46.5 Å². The Morgan fingerprint density at radius 1 is 1.09 bits per heavy atom. The number of amides is 1. The van der Waals surface area contributed by atoms with Crippen LogP contribution in [-0.2, 0) is 11.3 Å². The number of aromatic nitrogens is 1. The zero-order chi connectivity index (χ0) is 16.2. The van der Waals surface area contributed by atoms with Crippen molar-refractivity contribution in [3.8, 4) is 0 Å². The SMILES string of the molecule is CCN(CC)CC(=O)N1CCn2cccc2[C@H]1c1ccccc1. The molecule has 0 saturated carbocycles. The zero-order valence-electron chi connectivity index (χ0n) is 14.0. The third kappa shape index (κ3) is 3.17. The Morgan fingerprint density at radius 3 is 2.52 bits per heavy atom. The van der Waals surface area contributed by atoms with Gasteiger partial charge in [-0.1, -0.05) is 44.2 Å². The van der Waals surface area contributed by atoms with Crippen LogP contribution in [0.1, 0.15) is 31.1 Å². The van der Waals surface area contributed by atoms with Gasteiger partial charge in [-0.05, 0) is 30.8 Å². The Hall–Kier alpha value is -2.07. The summed E-state index contributed by atoms with van der Waals surface area (Å²) in [6.07, 6.45) is 2.11. The van der Waals surface area contributed by atoms with Crippen molar-refractivity contribution in [3.05, 3.63) is 59.9 Å². The summed E-state index contributed by atoms with van der Waals surface area (Å²) in [4.78, 5) is 17.1. The van der Waals surface area contributed by atoms with E-state index in [1.165, 1.54) is 11.3 Å². The first-order valence-electron chi connectivity index (χ1n) is 8.46. The second-order valence-electron chi connectivity index (χ2n) is 5.99. The molecule has 122 valence electrons. The maximum atomic E-state index is 12.9. The van der Waals surface area contributed by atoms with Crippen LogP contribution in [0.3, 0.4) is 0 Å². The van der Waals surface area contributed by atoms with E-state index in [9.17, 15) is 4.79 Å². The van der Waals surface area contributed by atoms with Crippen molar-refractivity contribution in [2.75, 3.05) is 26.2 Å². The van der Waals surface area contributed by atoms with Gasteiger partial charge in [0, 0.05) is 25.0 Å². The van der Waals surface area contributed by atoms with E-state index in [2.05, 4.69) is 53.8 Å². The summed E-state index contributed by atoms with van der Waals surface area (Å²) >= 11 is 0. The van der Waals surface area contributed by atoms with Crippen LogP contribution in [0.2, 0.25) is 0 Å². The molecule has 1 aliphatic rings. The van der Waals surface area contributed by atoms with E-state index < -0.39 is 0 Å². The molecule has 3 rings (SSSR count). The quantitative estimate of drug-likeness (QED) is 0.849. The third-order valence-corrected chi connectivity index (χ3v) is 4.73. The Bertz CT molecular complexity index is 646. The van der Waals surface area contributed by atoms with Crippen LogP contribution < -0.4 is 0 Å². The second kappa shape index (κ2) is 7.01. The first-order valence-corrected chi connectivity index (χ1v) is 8.46. The van der Waals surface area contributed by atoms with Crippen LogP contribution in [0.4, 0.5) is 0 Å². The first-order chi connectivity index (χ1) is 11.2. The van der Waals surface area contributed by atoms with E-state index in [0.29, 0.717) is 6.54 Å². The number of hydrogen-bond acceptors (Lipinski definition) is 2. The lowest BCUT2D eigenvalue weighted by atomic mass is 10.00. The van der Waals surface area contributed by atoms with Crippen molar-refractivity contribution in [3.63, 3.8) is 0 Å². The minimum absolute atomic E-state index is 0.0167. The molecule has 4 heteroatoms. The number of carbonyl (C=O) groups excluding carboxylic acids is 1. The largest absolute Gasteiger partial charge is 0.348 e. The summed E-state index contributed by atoms with van der Waals surface area (Å²) in [7, 11) is 0. The fourth-order valence-corrected chi connectivity index (χ4v) is 3.37. The smallest absolute Gasteiger partial charge is 0.237 e. The molecule has 0 saturated heterocycles. The predicted octanol–water partition coefficient (Wildman–Crippen LogP) is 2.76. The van der Waals surface area contributed by atoms with Crippen molar-refractivity contribution in [1.82, 2.24) is 14.4 Å². The summed E-state index contributed by atoms with van der Waals surface area (Å²) in [6, 6.07) is 14.6. The molecule has 0 radical (unpaired) electrons. The van der Waals surface area contributed by atoms with Crippen LogP contribution in [0.15, 0.2) is 48.7 Å². The molecule has 1 aromatic heterocycles. The summed E-state index contributed by atoms with van der Waals surface area (Å²) in [5.74, 6) is 0.218. The molecule has 0 fully saturated rings. The van der Waals surface area contributed by atoms with E-state index in [1.807, 2.05) is 23.1 Å². The van der Waals surface area contributed by atoms with Gasteiger partial charge in [0.15, 0.2) is 0 Å². The van der Waals surface area contributed by atoms with Crippen LogP contribution in [0, 0.1) is 0 Å². The van der Waals surface area contributed by atoms with Gasteiger partial charge in [0.1, 0.15) is 0 Å². The molecular formula is C19H25N3O. The Balaban J connectivity index is 1.91. The second-order valence-corrected chi connectivity index (χ2v) is 5.99. The topological polar surface area (TPSA) is 28.5 Å². The van der Waals surface area contributed by atoms with Crippen LogP contribution >= 0.6 is 0 Å². The molecule has 2 heterocycles. The first kappa shape index (κ1) is 15.8. The average molecular weight is 311 g/mol. The van der Waals surface area contributed by atoms with Gasteiger partial charge in [0.05, 0.1) is 12.6 Å². The summed E-state index contributed by atoms with van der Waals surface area (Å²) in [5.41, 5.74) is 2.38. The van der Waals surface area contributed by atoms with E-state index in [-0.39, 0.29) is 11.9 Å². The number of benzene rings is 1. The minimum atomic E-state index is 0.0167. The highest BCUT2D eigenvalue weighted by Crippen LogP contribution is 2.32. The minimum Gasteiger partial charge on any atom is -0.348 e. The van der Waals surface area contributed by atoms with Gasteiger partial charge < -0.3 is 9.47 Å². The lowest BCUT2D eigenvalue weighted by Crippen LogP contribution is -2.46. The third-order valence-electron chi connectivity index (χ3n) is 4.73. The van der Waals surface area contributed by atoms with Crippen molar-refractivity contribution in [2.24, 2.45) is 0 Å². The molecule has 1 atom stereocenters. The Morgan fingerprint density at radius 2 is 1.83 bits per heavy atom. The highest BCUT2D eigenvalue weighted by molar-refractivity contribution is 5.79. The molecule has 4 nitrogen and oxygen atoms in total. The molecule has 0 N–H and O–H groups in total. The van der Waals surface area contributed by atoms with E-state index in [1.54, 1.807) is 0 Å². The van der Waals surface area contributed by atoms with Crippen molar-refractivity contribution < 1.29 is 4.79 Å². The summed E-state index contributed by atoms with van der Waals surface area (Å²) in [6.45, 7) is 8.15. The highest BCUT2D eigenvalue weighted by Gasteiger charge is 2.32. The molecule has 2 aromatic rings. The van der Waals surface area contributed by atoms with Crippen molar-refractivity contribution >= 4 is 5.91 Å². The zero-order valence-corrected chi connectivity index (χ0v) is 14.0. The molecule has 0 spiro atoms. The Labute approximate surface area is 138 Å². The summed E-state index contributed by atoms with van der Waals surface area (Å²) in [5, 5.41) is 0. The van der Waals surface area contributed by atoms with Crippen molar-refractivity contribution in [2.45, 2.75) is 26.4 Å². The van der Waals surface area contributed by atoms with Crippen LogP contribution in [0.5, 0.6) is 0 Å².